The van der Waals surface area contributed by atoms with Gasteiger partial charge >= 0.3 is 0 Å². The molecule has 94 valence electrons. The first kappa shape index (κ1) is 13.5. The van der Waals surface area contributed by atoms with Crippen LogP contribution in [-0.4, -0.2) is 29.2 Å². The third kappa shape index (κ3) is 3.76. The Hall–Kier alpha value is -0.610. The van der Waals surface area contributed by atoms with Gasteiger partial charge in [-0.2, -0.15) is 0 Å². The molecule has 0 aromatic carbocycles. The van der Waals surface area contributed by atoms with E-state index in [0.29, 0.717) is 0 Å². The summed E-state index contributed by atoms with van der Waals surface area (Å²) in [5, 5.41) is 12.7. The second kappa shape index (κ2) is 6.21. The molecule has 4 N–H and O–H groups in total. The van der Waals surface area contributed by atoms with Crippen LogP contribution in [0.1, 0.15) is 46.0 Å². The molecule has 0 radical (unpaired) electrons. The molecular formula is C12H24N2O2. The first-order valence-corrected chi connectivity index (χ1v) is 6.26. The highest BCUT2D eigenvalue weighted by molar-refractivity contribution is 5.82. The van der Waals surface area contributed by atoms with E-state index in [1.807, 2.05) is 13.8 Å². The number of hydrogen-bond acceptors (Lipinski definition) is 3. The van der Waals surface area contributed by atoms with Gasteiger partial charge in [0.2, 0.25) is 5.91 Å². The van der Waals surface area contributed by atoms with Gasteiger partial charge in [0.1, 0.15) is 0 Å². The molecule has 1 amide bonds. The summed E-state index contributed by atoms with van der Waals surface area (Å²) in [6, 6.07) is -0.588. The number of carbonyl (C=O) groups excluding carboxylic acids is 1. The highest BCUT2D eigenvalue weighted by Gasteiger charge is 2.26. The van der Waals surface area contributed by atoms with Crippen LogP contribution in [0.15, 0.2) is 0 Å². The Morgan fingerprint density at radius 2 is 1.94 bits per heavy atom. The van der Waals surface area contributed by atoms with Crippen LogP contribution < -0.4 is 11.1 Å². The maximum Gasteiger partial charge on any atom is 0.237 e. The Labute approximate surface area is 97.6 Å². The van der Waals surface area contributed by atoms with Gasteiger partial charge in [-0.1, -0.05) is 33.1 Å². The number of aliphatic hydroxyl groups is 1. The molecule has 1 fully saturated rings. The summed E-state index contributed by atoms with van der Waals surface area (Å²) < 4.78 is 0. The van der Waals surface area contributed by atoms with Crippen LogP contribution in [0.2, 0.25) is 0 Å². The predicted molar refractivity (Wildman–Crippen MR) is 63.8 cm³/mol. The molecule has 0 aromatic heterocycles. The molecule has 0 saturated heterocycles. The minimum absolute atomic E-state index is 0.111. The summed E-state index contributed by atoms with van der Waals surface area (Å²) in [6.45, 7) is 3.85. The summed E-state index contributed by atoms with van der Waals surface area (Å²) in [5.74, 6) is -0.0103. The fourth-order valence-electron chi connectivity index (χ4n) is 2.04. The lowest BCUT2D eigenvalue weighted by atomic mass is 10.0. The zero-order chi connectivity index (χ0) is 12.1. The molecule has 0 bridgehead atoms. The third-order valence-electron chi connectivity index (χ3n) is 3.33. The maximum absolute atomic E-state index is 11.8. The molecule has 4 nitrogen and oxygen atoms in total. The van der Waals surface area contributed by atoms with E-state index in [2.05, 4.69) is 5.32 Å². The van der Waals surface area contributed by atoms with Gasteiger partial charge in [-0.3, -0.25) is 4.79 Å². The predicted octanol–water partition coefficient (Wildman–Crippen LogP) is 0.779. The molecule has 0 heterocycles. The average Bonchev–Trinajstić information content (AvgIpc) is 2.43. The Bertz CT molecular complexity index is 231. The molecule has 3 atom stereocenters. The van der Waals surface area contributed by atoms with Gasteiger partial charge < -0.3 is 16.2 Å². The number of carbonyl (C=O) groups is 1. The van der Waals surface area contributed by atoms with Crippen LogP contribution in [0.4, 0.5) is 0 Å². The molecule has 16 heavy (non-hydrogen) atoms. The van der Waals surface area contributed by atoms with E-state index in [9.17, 15) is 9.90 Å². The number of rotatable bonds is 3. The van der Waals surface area contributed by atoms with Crippen molar-refractivity contribution in [2.45, 2.75) is 64.1 Å². The molecule has 1 rings (SSSR count). The van der Waals surface area contributed by atoms with Crippen LogP contribution in [-0.2, 0) is 4.79 Å². The number of hydrogen-bond donors (Lipinski definition) is 3. The number of aliphatic hydroxyl groups excluding tert-OH is 1. The van der Waals surface area contributed by atoms with E-state index in [4.69, 9.17) is 5.73 Å². The van der Waals surface area contributed by atoms with Crippen molar-refractivity contribution in [3.63, 3.8) is 0 Å². The SMILES string of the molecule is CC(C)C(N)C(=O)NC1CCCCCC1O. The van der Waals surface area contributed by atoms with Gasteiger partial charge in [-0.25, -0.2) is 0 Å². The van der Waals surface area contributed by atoms with Crippen LogP contribution in [0.25, 0.3) is 0 Å². The summed E-state index contributed by atoms with van der Waals surface area (Å²) >= 11 is 0. The second-order valence-electron chi connectivity index (χ2n) is 5.09. The highest BCUT2D eigenvalue weighted by Crippen LogP contribution is 2.18. The first-order valence-electron chi connectivity index (χ1n) is 6.26. The summed E-state index contributed by atoms with van der Waals surface area (Å²) in [6.07, 6.45) is 4.48. The van der Waals surface area contributed by atoms with Gasteiger partial charge in [0.15, 0.2) is 0 Å². The van der Waals surface area contributed by atoms with Crippen molar-refractivity contribution in [2.24, 2.45) is 11.7 Å². The smallest absolute Gasteiger partial charge is 0.237 e. The lowest BCUT2D eigenvalue weighted by Gasteiger charge is -2.24. The monoisotopic (exact) mass is 228 g/mol. The van der Waals surface area contributed by atoms with Gasteiger partial charge in [-0.05, 0) is 18.8 Å². The van der Waals surface area contributed by atoms with Gasteiger partial charge in [0.25, 0.3) is 0 Å². The van der Waals surface area contributed by atoms with E-state index in [-0.39, 0.29) is 17.9 Å². The van der Waals surface area contributed by atoms with Gasteiger partial charge in [-0.15, -0.1) is 0 Å². The van der Waals surface area contributed by atoms with Crippen molar-refractivity contribution in [2.75, 3.05) is 0 Å². The molecular weight excluding hydrogens is 204 g/mol. The first-order chi connectivity index (χ1) is 7.52. The normalized spacial score (nSPS) is 28.6. The Morgan fingerprint density at radius 1 is 1.31 bits per heavy atom. The van der Waals surface area contributed by atoms with E-state index < -0.39 is 12.1 Å². The van der Waals surface area contributed by atoms with E-state index in [0.717, 1.165) is 32.1 Å². The van der Waals surface area contributed by atoms with E-state index in [1.165, 1.54) is 0 Å². The van der Waals surface area contributed by atoms with E-state index in [1.54, 1.807) is 0 Å². The molecule has 0 spiro atoms. The van der Waals surface area contributed by atoms with Crippen molar-refractivity contribution in [3.8, 4) is 0 Å². The largest absolute Gasteiger partial charge is 0.391 e. The fourth-order valence-corrected chi connectivity index (χ4v) is 2.04. The second-order valence-corrected chi connectivity index (χ2v) is 5.09. The minimum atomic E-state index is -0.476. The molecule has 1 saturated carbocycles. The summed E-state index contributed by atoms with van der Waals surface area (Å²) in [4.78, 5) is 11.8. The van der Waals surface area contributed by atoms with Gasteiger partial charge in [0, 0.05) is 0 Å². The number of nitrogens with two attached hydrogens (primary N) is 1. The third-order valence-corrected chi connectivity index (χ3v) is 3.33. The standard InChI is InChI=1S/C12H24N2O2/c1-8(2)11(13)12(16)14-9-6-4-3-5-7-10(9)15/h8-11,15H,3-7,13H2,1-2H3,(H,14,16). The Balaban J connectivity index is 2.48. The highest BCUT2D eigenvalue weighted by atomic mass is 16.3. The lowest BCUT2D eigenvalue weighted by Crippen LogP contribution is -2.51. The van der Waals surface area contributed by atoms with Crippen LogP contribution >= 0.6 is 0 Å². The van der Waals surface area contributed by atoms with Crippen LogP contribution in [0, 0.1) is 5.92 Å². The lowest BCUT2D eigenvalue weighted by molar-refractivity contribution is -0.124. The minimum Gasteiger partial charge on any atom is -0.391 e. The maximum atomic E-state index is 11.8. The topological polar surface area (TPSA) is 75.4 Å². The average molecular weight is 228 g/mol. The fraction of sp³-hybridized carbons (Fsp3) is 0.917. The van der Waals surface area contributed by atoms with Crippen molar-refractivity contribution in [1.29, 1.82) is 0 Å². The molecule has 0 aromatic rings. The molecule has 1 aliphatic rings. The summed E-state index contributed by atoms with van der Waals surface area (Å²) in [5.41, 5.74) is 5.77. The molecule has 4 heteroatoms. The number of nitrogens with one attached hydrogen (secondary N) is 1. The number of amides is 1. The zero-order valence-corrected chi connectivity index (χ0v) is 10.3. The molecule has 1 aliphatic carbocycles. The Kier molecular flexibility index (Phi) is 5.22. The van der Waals surface area contributed by atoms with Crippen molar-refractivity contribution >= 4 is 5.91 Å². The van der Waals surface area contributed by atoms with Crippen LogP contribution in [0.5, 0.6) is 0 Å². The van der Waals surface area contributed by atoms with Crippen molar-refractivity contribution < 1.29 is 9.90 Å². The quantitative estimate of drug-likeness (QED) is 0.625. The van der Waals surface area contributed by atoms with Crippen molar-refractivity contribution in [3.05, 3.63) is 0 Å². The zero-order valence-electron chi connectivity index (χ0n) is 10.3. The molecule has 0 aliphatic heterocycles. The van der Waals surface area contributed by atoms with E-state index >= 15 is 0 Å². The Morgan fingerprint density at radius 3 is 2.56 bits per heavy atom. The van der Waals surface area contributed by atoms with Crippen LogP contribution in [0.3, 0.4) is 0 Å². The molecule has 3 unspecified atom stereocenters. The van der Waals surface area contributed by atoms with Crippen molar-refractivity contribution in [1.82, 2.24) is 5.32 Å². The van der Waals surface area contributed by atoms with Gasteiger partial charge in [0.05, 0.1) is 18.2 Å². The summed E-state index contributed by atoms with van der Waals surface area (Å²) in [7, 11) is 0.